The second kappa shape index (κ2) is 6.08. The summed E-state index contributed by atoms with van der Waals surface area (Å²) in [4.78, 5) is 12.6. The van der Waals surface area contributed by atoms with E-state index in [1.54, 1.807) is 36.4 Å². The van der Waals surface area contributed by atoms with Gasteiger partial charge in [-0.1, -0.05) is 23.4 Å². The molecular formula is C14H10ClFO2S. The van der Waals surface area contributed by atoms with E-state index in [4.69, 9.17) is 11.6 Å². The van der Waals surface area contributed by atoms with E-state index in [-0.39, 0.29) is 5.82 Å². The highest BCUT2D eigenvalue weighted by Crippen LogP contribution is 2.31. The van der Waals surface area contributed by atoms with Gasteiger partial charge in [-0.15, -0.1) is 0 Å². The molecule has 2 aromatic rings. The largest absolute Gasteiger partial charge is 0.465 e. The molecule has 0 radical (unpaired) electrons. The average molecular weight is 297 g/mol. The second-order valence-corrected chi connectivity index (χ2v) is 5.24. The van der Waals surface area contributed by atoms with Gasteiger partial charge in [0.2, 0.25) is 0 Å². The molecule has 0 bridgehead atoms. The molecule has 2 nitrogen and oxygen atoms in total. The lowest BCUT2D eigenvalue weighted by molar-refractivity contribution is 0.0600. The summed E-state index contributed by atoms with van der Waals surface area (Å²) in [5.41, 5.74) is 0.462. The first-order chi connectivity index (χ1) is 9.10. The summed E-state index contributed by atoms with van der Waals surface area (Å²) in [5, 5.41) is 0.364. The van der Waals surface area contributed by atoms with Crippen LogP contribution in [0.25, 0.3) is 0 Å². The van der Waals surface area contributed by atoms with Gasteiger partial charge in [-0.2, -0.15) is 0 Å². The number of esters is 1. The number of halogens is 2. The molecule has 0 saturated heterocycles. The van der Waals surface area contributed by atoms with E-state index in [1.807, 2.05) is 0 Å². The molecule has 0 fully saturated rings. The highest BCUT2D eigenvalue weighted by atomic mass is 35.5. The molecule has 0 aliphatic rings. The summed E-state index contributed by atoms with van der Waals surface area (Å²) < 4.78 is 18.2. The Morgan fingerprint density at radius 2 is 1.89 bits per heavy atom. The van der Waals surface area contributed by atoms with Crippen LogP contribution >= 0.6 is 23.4 Å². The molecule has 0 aliphatic carbocycles. The zero-order valence-corrected chi connectivity index (χ0v) is 11.6. The first-order valence-electron chi connectivity index (χ1n) is 5.41. The van der Waals surface area contributed by atoms with Crippen molar-refractivity contribution in [3.05, 3.63) is 58.9 Å². The minimum Gasteiger partial charge on any atom is -0.465 e. The fourth-order valence-electron chi connectivity index (χ4n) is 1.46. The molecule has 0 saturated carbocycles. The topological polar surface area (TPSA) is 26.3 Å². The summed E-state index contributed by atoms with van der Waals surface area (Å²) in [6.07, 6.45) is 0. The number of carbonyl (C=O) groups is 1. The number of ether oxygens (including phenoxy) is 1. The Bertz CT molecular complexity index is 599. The average Bonchev–Trinajstić information content (AvgIpc) is 2.42. The van der Waals surface area contributed by atoms with E-state index in [0.29, 0.717) is 15.5 Å². The monoisotopic (exact) mass is 296 g/mol. The maximum atomic E-state index is 13.6. The van der Waals surface area contributed by atoms with Crippen LogP contribution in [0.3, 0.4) is 0 Å². The maximum absolute atomic E-state index is 13.6. The highest BCUT2D eigenvalue weighted by molar-refractivity contribution is 7.99. The van der Waals surface area contributed by atoms with Crippen LogP contribution in [0.15, 0.2) is 52.3 Å². The molecule has 0 N–H and O–H groups in total. The van der Waals surface area contributed by atoms with Crippen LogP contribution in [0.5, 0.6) is 0 Å². The number of benzene rings is 2. The predicted octanol–water partition coefficient (Wildman–Crippen LogP) is 4.42. The van der Waals surface area contributed by atoms with E-state index >= 15 is 0 Å². The van der Waals surface area contributed by atoms with Gasteiger partial charge in [0.25, 0.3) is 0 Å². The third-order valence-corrected chi connectivity index (χ3v) is 3.69. The van der Waals surface area contributed by atoms with Crippen molar-refractivity contribution < 1.29 is 13.9 Å². The SMILES string of the molecule is COC(=O)c1ccc(Sc2ccc(Cl)cc2F)cc1. The zero-order valence-electron chi connectivity index (χ0n) is 10.0. The Labute approximate surface area is 119 Å². The van der Waals surface area contributed by atoms with Crippen LogP contribution in [-0.2, 0) is 4.74 Å². The summed E-state index contributed by atoms with van der Waals surface area (Å²) in [7, 11) is 1.33. The Morgan fingerprint density at radius 3 is 2.47 bits per heavy atom. The Balaban J connectivity index is 2.17. The third-order valence-electron chi connectivity index (χ3n) is 2.40. The molecule has 0 heterocycles. The first-order valence-corrected chi connectivity index (χ1v) is 6.61. The molecule has 0 spiro atoms. The molecule has 0 unspecified atom stereocenters. The van der Waals surface area contributed by atoms with Crippen molar-refractivity contribution in [3.8, 4) is 0 Å². The summed E-state index contributed by atoms with van der Waals surface area (Å²) in [5.74, 6) is -0.760. The third kappa shape index (κ3) is 3.49. The minimum absolute atomic E-state index is 0.364. The van der Waals surface area contributed by atoms with Gasteiger partial charge in [0.15, 0.2) is 0 Å². The van der Waals surface area contributed by atoms with Crippen molar-refractivity contribution in [2.45, 2.75) is 9.79 Å². The number of hydrogen-bond acceptors (Lipinski definition) is 3. The van der Waals surface area contributed by atoms with Crippen molar-refractivity contribution in [1.82, 2.24) is 0 Å². The van der Waals surface area contributed by atoms with Gasteiger partial charge in [0, 0.05) is 14.8 Å². The zero-order chi connectivity index (χ0) is 13.8. The summed E-state index contributed by atoms with van der Waals surface area (Å²) in [6.45, 7) is 0. The lowest BCUT2D eigenvalue weighted by Crippen LogP contribution is -2.00. The maximum Gasteiger partial charge on any atom is 0.337 e. The van der Waals surface area contributed by atoms with E-state index in [9.17, 15) is 9.18 Å². The van der Waals surface area contributed by atoms with E-state index in [2.05, 4.69) is 4.74 Å². The van der Waals surface area contributed by atoms with Crippen LogP contribution in [-0.4, -0.2) is 13.1 Å². The number of hydrogen-bond donors (Lipinski definition) is 0. The van der Waals surface area contributed by atoms with Gasteiger partial charge >= 0.3 is 5.97 Å². The van der Waals surface area contributed by atoms with Crippen molar-refractivity contribution >= 4 is 29.3 Å². The predicted molar refractivity (Wildman–Crippen MR) is 73.3 cm³/mol. The quantitative estimate of drug-likeness (QED) is 0.785. The van der Waals surface area contributed by atoms with Crippen LogP contribution < -0.4 is 0 Å². The molecule has 0 atom stereocenters. The van der Waals surface area contributed by atoms with Crippen LogP contribution in [0.1, 0.15) is 10.4 Å². The van der Waals surface area contributed by atoms with E-state index in [0.717, 1.165) is 4.90 Å². The van der Waals surface area contributed by atoms with Crippen molar-refractivity contribution in [3.63, 3.8) is 0 Å². The number of rotatable bonds is 3. The van der Waals surface area contributed by atoms with Gasteiger partial charge in [-0.3, -0.25) is 0 Å². The molecule has 2 aromatic carbocycles. The normalized spacial score (nSPS) is 10.3. The van der Waals surface area contributed by atoms with E-state index < -0.39 is 5.97 Å². The smallest absolute Gasteiger partial charge is 0.337 e. The lowest BCUT2D eigenvalue weighted by Gasteiger charge is -2.04. The summed E-state index contributed by atoms with van der Waals surface area (Å²) in [6, 6.07) is 11.3. The van der Waals surface area contributed by atoms with Crippen molar-refractivity contribution in [2.24, 2.45) is 0 Å². The molecule has 0 amide bonds. The molecule has 2 rings (SSSR count). The van der Waals surface area contributed by atoms with Gasteiger partial charge < -0.3 is 4.74 Å². The van der Waals surface area contributed by atoms with Crippen molar-refractivity contribution in [2.75, 3.05) is 7.11 Å². The van der Waals surface area contributed by atoms with Gasteiger partial charge in [-0.05, 0) is 42.5 Å². The standard InChI is InChI=1S/C14H10ClFO2S/c1-18-14(17)9-2-5-11(6-3-9)19-13-7-4-10(15)8-12(13)16/h2-8H,1H3. The first kappa shape index (κ1) is 13.9. The Kier molecular flexibility index (Phi) is 4.45. The molecule has 98 valence electrons. The minimum atomic E-state index is -0.394. The Morgan fingerprint density at radius 1 is 1.21 bits per heavy atom. The van der Waals surface area contributed by atoms with Crippen LogP contribution in [0.2, 0.25) is 5.02 Å². The van der Waals surface area contributed by atoms with Gasteiger partial charge in [0.1, 0.15) is 5.82 Å². The van der Waals surface area contributed by atoms with Crippen LogP contribution in [0.4, 0.5) is 4.39 Å². The van der Waals surface area contributed by atoms with E-state index in [1.165, 1.54) is 24.9 Å². The van der Waals surface area contributed by atoms with Crippen LogP contribution in [0, 0.1) is 5.82 Å². The van der Waals surface area contributed by atoms with Gasteiger partial charge in [0.05, 0.1) is 12.7 Å². The highest BCUT2D eigenvalue weighted by Gasteiger charge is 2.07. The fraction of sp³-hybridized carbons (Fsp3) is 0.0714. The number of carbonyl (C=O) groups excluding carboxylic acids is 1. The number of methoxy groups -OCH3 is 1. The molecule has 0 aromatic heterocycles. The fourth-order valence-corrected chi connectivity index (χ4v) is 2.44. The second-order valence-electron chi connectivity index (χ2n) is 3.69. The Hall–Kier alpha value is -1.52. The summed E-state index contributed by atoms with van der Waals surface area (Å²) >= 11 is 6.96. The molecule has 0 aliphatic heterocycles. The molecular weight excluding hydrogens is 287 g/mol. The lowest BCUT2D eigenvalue weighted by atomic mass is 10.2. The van der Waals surface area contributed by atoms with Crippen molar-refractivity contribution in [1.29, 1.82) is 0 Å². The van der Waals surface area contributed by atoms with Gasteiger partial charge in [-0.25, -0.2) is 9.18 Å². The molecule has 19 heavy (non-hydrogen) atoms. The molecule has 5 heteroatoms.